The van der Waals surface area contributed by atoms with Crippen molar-refractivity contribution in [2.24, 2.45) is 0 Å². The number of aromatic nitrogens is 4. The van der Waals surface area contributed by atoms with Crippen LogP contribution in [0.1, 0.15) is 36.6 Å². The average molecular weight is 415 g/mol. The van der Waals surface area contributed by atoms with E-state index in [1.165, 1.54) is 4.68 Å². The first kappa shape index (κ1) is 20.5. The number of amides is 1. The fourth-order valence-corrected chi connectivity index (χ4v) is 3.58. The maximum Gasteiger partial charge on any atom is 0.293 e. The molecule has 2 aromatic heterocycles. The zero-order valence-electron chi connectivity index (χ0n) is 18.1. The molecule has 1 N–H and O–H groups in total. The topological polar surface area (TPSA) is 81.8 Å². The summed E-state index contributed by atoms with van der Waals surface area (Å²) in [7, 11) is 0. The molecule has 1 amide bonds. The second kappa shape index (κ2) is 8.18. The Morgan fingerprint density at radius 1 is 1.06 bits per heavy atom. The fourth-order valence-electron chi connectivity index (χ4n) is 3.58. The van der Waals surface area contributed by atoms with Gasteiger partial charge in [-0.15, -0.1) is 0 Å². The summed E-state index contributed by atoms with van der Waals surface area (Å²) in [6, 6.07) is 15.3. The van der Waals surface area contributed by atoms with Crippen LogP contribution in [-0.2, 0) is 11.3 Å². The summed E-state index contributed by atoms with van der Waals surface area (Å²) in [5, 5.41) is 12.5. The van der Waals surface area contributed by atoms with E-state index in [2.05, 4.69) is 15.5 Å². The van der Waals surface area contributed by atoms with Crippen molar-refractivity contribution in [3.05, 3.63) is 81.9 Å². The fraction of sp³-hybridized carbons (Fsp3) is 0.250. The van der Waals surface area contributed by atoms with Crippen molar-refractivity contribution in [2.75, 3.05) is 5.32 Å². The number of aryl methyl sites for hydroxylation is 2. The van der Waals surface area contributed by atoms with E-state index in [1.807, 2.05) is 76.2 Å². The summed E-state index contributed by atoms with van der Waals surface area (Å²) in [5.41, 5.74) is 4.42. The monoisotopic (exact) mass is 415 g/mol. The first-order valence-corrected chi connectivity index (χ1v) is 10.3. The van der Waals surface area contributed by atoms with Gasteiger partial charge in [-0.05, 0) is 43.5 Å². The number of anilines is 1. The number of benzene rings is 2. The number of rotatable bonds is 5. The van der Waals surface area contributed by atoms with Gasteiger partial charge in [-0.25, -0.2) is 9.36 Å². The highest BCUT2D eigenvalue weighted by Crippen LogP contribution is 2.24. The van der Waals surface area contributed by atoms with Gasteiger partial charge in [-0.1, -0.05) is 49.7 Å². The molecule has 0 spiro atoms. The first-order chi connectivity index (χ1) is 14.8. The SMILES string of the molecule is Cc1ccc(NC(=O)Cn2nc(C(C)C)c3cnn(-c4ccccc4C)c3c2=O)cc1. The summed E-state index contributed by atoms with van der Waals surface area (Å²) in [6.07, 6.45) is 1.68. The number of nitrogens with one attached hydrogen (secondary N) is 1. The van der Waals surface area contributed by atoms with Crippen molar-refractivity contribution in [3.63, 3.8) is 0 Å². The van der Waals surface area contributed by atoms with Crippen LogP contribution in [0.25, 0.3) is 16.6 Å². The smallest absolute Gasteiger partial charge is 0.293 e. The number of hydrogen-bond acceptors (Lipinski definition) is 4. The highest BCUT2D eigenvalue weighted by Gasteiger charge is 2.20. The maximum absolute atomic E-state index is 13.4. The van der Waals surface area contributed by atoms with Gasteiger partial charge in [0.1, 0.15) is 12.1 Å². The Hall–Kier alpha value is -3.74. The number of fused-ring (bicyclic) bond motifs is 1. The lowest BCUT2D eigenvalue weighted by Gasteiger charge is -2.13. The number of carbonyl (C=O) groups is 1. The van der Waals surface area contributed by atoms with Crippen LogP contribution < -0.4 is 10.9 Å². The number of nitrogens with zero attached hydrogens (tertiary/aromatic N) is 4. The molecule has 2 aromatic carbocycles. The van der Waals surface area contributed by atoms with Gasteiger partial charge >= 0.3 is 0 Å². The van der Waals surface area contributed by atoms with Crippen LogP contribution in [0.4, 0.5) is 5.69 Å². The molecule has 0 aliphatic rings. The number of carbonyl (C=O) groups excluding carboxylic acids is 1. The van der Waals surface area contributed by atoms with Gasteiger partial charge in [-0.3, -0.25) is 9.59 Å². The molecule has 0 saturated carbocycles. The molecule has 0 aliphatic heterocycles. The average Bonchev–Trinajstić information content (AvgIpc) is 3.17. The van der Waals surface area contributed by atoms with E-state index in [-0.39, 0.29) is 23.9 Å². The Labute approximate surface area is 180 Å². The molecular formula is C24H25N5O2. The zero-order valence-corrected chi connectivity index (χ0v) is 18.1. The molecular weight excluding hydrogens is 390 g/mol. The first-order valence-electron chi connectivity index (χ1n) is 10.3. The van der Waals surface area contributed by atoms with Gasteiger partial charge in [0, 0.05) is 11.1 Å². The Balaban J connectivity index is 1.78. The van der Waals surface area contributed by atoms with Crippen LogP contribution in [0.3, 0.4) is 0 Å². The van der Waals surface area contributed by atoms with Gasteiger partial charge in [0.15, 0.2) is 0 Å². The van der Waals surface area contributed by atoms with Crippen molar-refractivity contribution >= 4 is 22.5 Å². The van der Waals surface area contributed by atoms with Crippen LogP contribution in [0.15, 0.2) is 59.5 Å². The van der Waals surface area contributed by atoms with Crippen LogP contribution in [-0.4, -0.2) is 25.5 Å². The molecule has 0 fully saturated rings. The predicted octanol–water partition coefficient (Wildman–Crippen LogP) is 3.96. The second-order valence-corrected chi connectivity index (χ2v) is 8.02. The third-order valence-corrected chi connectivity index (χ3v) is 5.23. The van der Waals surface area contributed by atoms with E-state index >= 15 is 0 Å². The highest BCUT2D eigenvalue weighted by molar-refractivity contribution is 5.90. The minimum absolute atomic E-state index is 0.0593. The zero-order chi connectivity index (χ0) is 22.1. The molecule has 7 nitrogen and oxygen atoms in total. The predicted molar refractivity (Wildman–Crippen MR) is 122 cm³/mol. The Kier molecular flexibility index (Phi) is 5.42. The summed E-state index contributed by atoms with van der Waals surface area (Å²) in [6.45, 7) is 7.79. The molecule has 7 heteroatoms. The van der Waals surface area contributed by atoms with E-state index in [0.717, 1.165) is 22.5 Å². The van der Waals surface area contributed by atoms with Crippen LogP contribution in [0.5, 0.6) is 0 Å². The standard InChI is InChI=1S/C24H25N5O2/c1-15(2)22-19-13-25-29(20-8-6-5-7-17(20)4)23(19)24(31)28(27-22)14-21(30)26-18-11-9-16(3)10-12-18/h5-13,15H,14H2,1-4H3,(H,26,30). The van der Waals surface area contributed by atoms with Gasteiger partial charge < -0.3 is 5.32 Å². The van der Waals surface area contributed by atoms with Crippen LogP contribution in [0, 0.1) is 13.8 Å². The molecule has 0 aliphatic carbocycles. The Morgan fingerprint density at radius 3 is 2.45 bits per heavy atom. The molecule has 0 bridgehead atoms. The van der Waals surface area contributed by atoms with Gasteiger partial charge in [0.25, 0.3) is 5.56 Å². The van der Waals surface area contributed by atoms with Crippen molar-refractivity contribution < 1.29 is 4.79 Å². The lowest BCUT2D eigenvalue weighted by Crippen LogP contribution is -2.31. The molecule has 31 heavy (non-hydrogen) atoms. The number of hydrogen-bond donors (Lipinski definition) is 1. The largest absolute Gasteiger partial charge is 0.324 e. The van der Waals surface area contributed by atoms with Gasteiger partial charge in [-0.2, -0.15) is 10.2 Å². The van der Waals surface area contributed by atoms with E-state index in [4.69, 9.17) is 0 Å². The summed E-state index contributed by atoms with van der Waals surface area (Å²) < 4.78 is 2.88. The van der Waals surface area contributed by atoms with Crippen molar-refractivity contribution in [1.82, 2.24) is 19.6 Å². The lowest BCUT2D eigenvalue weighted by molar-refractivity contribution is -0.117. The van der Waals surface area contributed by atoms with Crippen LogP contribution in [0.2, 0.25) is 0 Å². The molecule has 0 unspecified atom stereocenters. The molecule has 0 atom stereocenters. The molecule has 158 valence electrons. The highest BCUT2D eigenvalue weighted by atomic mass is 16.2. The summed E-state index contributed by atoms with van der Waals surface area (Å²) >= 11 is 0. The van der Waals surface area contributed by atoms with Crippen molar-refractivity contribution in [1.29, 1.82) is 0 Å². The Bertz CT molecular complexity index is 1320. The minimum Gasteiger partial charge on any atom is -0.324 e. The van der Waals surface area contributed by atoms with Crippen molar-refractivity contribution in [3.8, 4) is 5.69 Å². The van der Waals surface area contributed by atoms with Crippen LogP contribution >= 0.6 is 0 Å². The van der Waals surface area contributed by atoms with Crippen molar-refractivity contribution in [2.45, 2.75) is 40.2 Å². The van der Waals surface area contributed by atoms with Gasteiger partial charge in [0.05, 0.1) is 17.6 Å². The summed E-state index contributed by atoms with van der Waals surface area (Å²) in [4.78, 5) is 26.0. The normalized spacial score (nSPS) is 11.3. The van der Waals surface area contributed by atoms with E-state index in [9.17, 15) is 9.59 Å². The maximum atomic E-state index is 13.4. The van der Waals surface area contributed by atoms with E-state index in [1.54, 1.807) is 10.9 Å². The lowest BCUT2D eigenvalue weighted by atomic mass is 10.1. The molecule has 0 saturated heterocycles. The van der Waals surface area contributed by atoms with E-state index < -0.39 is 0 Å². The third-order valence-electron chi connectivity index (χ3n) is 5.23. The molecule has 2 heterocycles. The molecule has 4 aromatic rings. The van der Waals surface area contributed by atoms with Gasteiger partial charge in [0.2, 0.25) is 5.91 Å². The summed E-state index contributed by atoms with van der Waals surface area (Å²) in [5.74, 6) is -0.251. The van der Waals surface area contributed by atoms with E-state index in [0.29, 0.717) is 16.6 Å². The molecule has 0 radical (unpaired) electrons. The third kappa shape index (κ3) is 3.99. The second-order valence-electron chi connectivity index (χ2n) is 8.02. The molecule has 4 rings (SSSR count). The Morgan fingerprint density at radius 2 is 1.77 bits per heavy atom. The number of para-hydroxylation sites is 1. The quantitative estimate of drug-likeness (QED) is 0.535. The minimum atomic E-state index is -0.348.